The van der Waals surface area contributed by atoms with Crippen LogP contribution in [0.1, 0.15) is 53.9 Å². The fourth-order valence-electron chi connectivity index (χ4n) is 3.35. The van der Waals surface area contributed by atoms with Crippen LogP contribution in [-0.2, 0) is 0 Å². The molecule has 0 spiro atoms. The van der Waals surface area contributed by atoms with Gasteiger partial charge in [0.2, 0.25) is 0 Å². The number of hydrogen-bond acceptors (Lipinski definition) is 1. The minimum Gasteiger partial charge on any atom is -0.150 e. The van der Waals surface area contributed by atoms with Gasteiger partial charge in [0.15, 0.2) is 0 Å². The van der Waals surface area contributed by atoms with Crippen molar-refractivity contribution in [3.05, 3.63) is 47.1 Å². The Kier molecular flexibility index (Phi) is 4.69. The molecule has 0 heterocycles. The van der Waals surface area contributed by atoms with Crippen LogP contribution in [-0.4, -0.2) is 10.5 Å². The molecule has 0 aromatic carbocycles. The van der Waals surface area contributed by atoms with Crippen LogP contribution < -0.4 is 0 Å². The molecule has 0 bridgehead atoms. The molecule has 0 aromatic rings. The maximum atomic E-state index is 2.45. The van der Waals surface area contributed by atoms with Crippen molar-refractivity contribution in [3.8, 4) is 0 Å². The minimum absolute atomic E-state index is 0.237. The summed E-state index contributed by atoms with van der Waals surface area (Å²) in [6.07, 6.45) is 15.3. The smallest absolute Gasteiger partial charge is 0.0450 e. The van der Waals surface area contributed by atoms with Crippen molar-refractivity contribution in [2.45, 2.75) is 58.6 Å². The predicted molar refractivity (Wildman–Crippen MR) is 93.2 cm³/mol. The Balaban J connectivity index is 2.39. The molecule has 2 rings (SSSR count). The van der Waals surface area contributed by atoms with Gasteiger partial charge in [0, 0.05) is 4.75 Å². The third-order valence-electron chi connectivity index (χ3n) is 4.18. The SMILES string of the molecule is CCSC1(CC2=CCC=C2)CC=C(C)C=C1C(C)(C)C. The van der Waals surface area contributed by atoms with E-state index in [1.165, 1.54) is 29.7 Å². The van der Waals surface area contributed by atoms with E-state index in [-0.39, 0.29) is 10.2 Å². The zero-order valence-electron chi connectivity index (χ0n) is 13.6. The molecule has 0 N–H and O–H groups in total. The summed E-state index contributed by atoms with van der Waals surface area (Å²) < 4.78 is 0.257. The molecule has 0 fully saturated rings. The largest absolute Gasteiger partial charge is 0.150 e. The van der Waals surface area contributed by atoms with Crippen molar-refractivity contribution in [3.63, 3.8) is 0 Å². The standard InChI is InChI=1S/C19H28S/c1-6-20-19(14-16-9-7-8-10-16)12-11-15(2)13-17(19)18(3,4)5/h7,9-11,13H,6,8,12,14H2,1-5H3. The van der Waals surface area contributed by atoms with Crippen LogP contribution in [0.3, 0.4) is 0 Å². The van der Waals surface area contributed by atoms with Gasteiger partial charge >= 0.3 is 0 Å². The van der Waals surface area contributed by atoms with E-state index in [1.807, 2.05) is 0 Å². The highest BCUT2D eigenvalue weighted by atomic mass is 32.2. The highest BCUT2D eigenvalue weighted by Crippen LogP contribution is 2.51. The monoisotopic (exact) mass is 288 g/mol. The van der Waals surface area contributed by atoms with Crippen LogP contribution in [0.2, 0.25) is 0 Å². The molecule has 0 nitrogen and oxygen atoms in total. The lowest BCUT2D eigenvalue weighted by atomic mass is 9.71. The molecule has 1 atom stereocenters. The number of rotatable bonds is 4. The molecule has 0 saturated heterocycles. The quantitative estimate of drug-likeness (QED) is 0.604. The van der Waals surface area contributed by atoms with E-state index >= 15 is 0 Å². The van der Waals surface area contributed by atoms with Crippen LogP contribution in [0, 0.1) is 5.41 Å². The van der Waals surface area contributed by atoms with Gasteiger partial charge in [-0.15, -0.1) is 0 Å². The second-order valence-electron chi connectivity index (χ2n) is 6.98. The Labute approximate surface area is 129 Å². The first-order valence-electron chi connectivity index (χ1n) is 7.76. The third-order valence-corrected chi connectivity index (χ3v) is 5.56. The topological polar surface area (TPSA) is 0 Å². The molecule has 0 radical (unpaired) electrons. The number of thioether (sulfide) groups is 1. The van der Waals surface area contributed by atoms with Gasteiger partial charge in [-0.2, -0.15) is 11.8 Å². The van der Waals surface area contributed by atoms with Crippen LogP contribution >= 0.6 is 11.8 Å². The minimum atomic E-state index is 0.237. The van der Waals surface area contributed by atoms with Crippen molar-refractivity contribution in [1.82, 2.24) is 0 Å². The molecule has 1 heteroatoms. The van der Waals surface area contributed by atoms with E-state index in [2.05, 4.69) is 76.8 Å². The van der Waals surface area contributed by atoms with Crippen molar-refractivity contribution >= 4 is 11.8 Å². The van der Waals surface area contributed by atoms with E-state index in [4.69, 9.17) is 0 Å². The Hall–Kier alpha value is -0.690. The lowest BCUT2D eigenvalue weighted by molar-refractivity contribution is 0.436. The van der Waals surface area contributed by atoms with Crippen molar-refractivity contribution in [2.75, 3.05) is 5.75 Å². The average molecular weight is 288 g/mol. The fraction of sp³-hybridized carbons (Fsp3) is 0.579. The molecular formula is C19H28S. The van der Waals surface area contributed by atoms with Crippen LogP contribution in [0.5, 0.6) is 0 Å². The second kappa shape index (κ2) is 5.97. The van der Waals surface area contributed by atoms with E-state index in [0.717, 1.165) is 6.42 Å². The maximum absolute atomic E-state index is 2.45. The molecule has 0 saturated carbocycles. The number of allylic oxidation sites excluding steroid dienone is 7. The van der Waals surface area contributed by atoms with Crippen molar-refractivity contribution in [2.24, 2.45) is 5.41 Å². The summed E-state index contributed by atoms with van der Waals surface area (Å²) in [7, 11) is 0. The van der Waals surface area contributed by atoms with Crippen LogP contribution in [0.15, 0.2) is 47.1 Å². The van der Waals surface area contributed by atoms with E-state index in [1.54, 1.807) is 5.57 Å². The summed E-state index contributed by atoms with van der Waals surface area (Å²) in [6.45, 7) is 11.6. The van der Waals surface area contributed by atoms with Gasteiger partial charge in [-0.05, 0) is 42.9 Å². The van der Waals surface area contributed by atoms with Gasteiger partial charge in [0.25, 0.3) is 0 Å². The van der Waals surface area contributed by atoms with Gasteiger partial charge in [0.1, 0.15) is 0 Å². The summed E-state index contributed by atoms with van der Waals surface area (Å²) in [6, 6.07) is 0. The van der Waals surface area contributed by atoms with E-state index in [0.29, 0.717) is 0 Å². The summed E-state index contributed by atoms with van der Waals surface area (Å²) >= 11 is 2.14. The highest BCUT2D eigenvalue weighted by molar-refractivity contribution is 8.00. The molecule has 2 aliphatic carbocycles. The van der Waals surface area contributed by atoms with E-state index in [9.17, 15) is 0 Å². The third kappa shape index (κ3) is 3.31. The van der Waals surface area contributed by atoms with Gasteiger partial charge in [-0.25, -0.2) is 0 Å². The summed E-state index contributed by atoms with van der Waals surface area (Å²) in [5.41, 5.74) is 4.81. The molecule has 0 aromatic heterocycles. The van der Waals surface area contributed by atoms with Gasteiger partial charge in [0.05, 0.1) is 0 Å². The summed E-state index contributed by atoms with van der Waals surface area (Å²) in [4.78, 5) is 0. The van der Waals surface area contributed by atoms with Crippen molar-refractivity contribution < 1.29 is 0 Å². The zero-order chi connectivity index (χ0) is 14.8. The Bertz CT molecular complexity index is 482. The average Bonchev–Trinajstić information content (AvgIpc) is 2.84. The molecule has 0 aliphatic heterocycles. The zero-order valence-corrected chi connectivity index (χ0v) is 14.4. The van der Waals surface area contributed by atoms with Gasteiger partial charge in [-0.3, -0.25) is 0 Å². The van der Waals surface area contributed by atoms with E-state index < -0.39 is 0 Å². The van der Waals surface area contributed by atoms with Gasteiger partial charge < -0.3 is 0 Å². The van der Waals surface area contributed by atoms with Crippen LogP contribution in [0.25, 0.3) is 0 Å². The lowest BCUT2D eigenvalue weighted by Gasteiger charge is -2.43. The lowest BCUT2D eigenvalue weighted by Crippen LogP contribution is -2.36. The highest BCUT2D eigenvalue weighted by Gasteiger charge is 2.40. The fourth-order valence-corrected chi connectivity index (χ4v) is 4.90. The first-order valence-corrected chi connectivity index (χ1v) is 8.75. The molecule has 20 heavy (non-hydrogen) atoms. The second-order valence-corrected chi connectivity index (χ2v) is 8.63. The molecule has 2 aliphatic rings. The number of hydrogen-bond donors (Lipinski definition) is 0. The molecule has 110 valence electrons. The normalized spacial score (nSPS) is 26.4. The van der Waals surface area contributed by atoms with Crippen molar-refractivity contribution in [1.29, 1.82) is 0 Å². The first-order chi connectivity index (χ1) is 9.37. The summed E-state index contributed by atoms with van der Waals surface area (Å²) in [5, 5.41) is 0. The Morgan fingerprint density at radius 2 is 2.00 bits per heavy atom. The maximum Gasteiger partial charge on any atom is 0.0450 e. The van der Waals surface area contributed by atoms with Crippen LogP contribution in [0.4, 0.5) is 0 Å². The Morgan fingerprint density at radius 1 is 1.25 bits per heavy atom. The Morgan fingerprint density at radius 3 is 2.55 bits per heavy atom. The molecule has 0 amide bonds. The van der Waals surface area contributed by atoms with Gasteiger partial charge in [-0.1, -0.05) is 69.2 Å². The summed E-state index contributed by atoms with van der Waals surface area (Å²) in [5.74, 6) is 1.18. The first kappa shape index (κ1) is 15.7. The molecule has 1 unspecified atom stereocenters. The predicted octanol–water partition coefficient (Wildman–Crippen LogP) is 6.08. The molecular weight excluding hydrogens is 260 g/mol.